The standard InChI is InChI=1S/C15H18FN3O/c1-4-17-15(14-7-8-18-10(2)19-14)12-6-5-11(20-3)9-13(12)16/h5-9,15,17H,4H2,1-3H3. The molecule has 0 amide bonds. The van der Waals surface area contributed by atoms with Gasteiger partial charge in [0.25, 0.3) is 0 Å². The number of aromatic nitrogens is 2. The van der Waals surface area contributed by atoms with E-state index in [1.165, 1.54) is 13.2 Å². The van der Waals surface area contributed by atoms with E-state index in [9.17, 15) is 4.39 Å². The summed E-state index contributed by atoms with van der Waals surface area (Å²) >= 11 is 0. The van der Waals surface area contributed by atoms with Gasteiger partial charge in [-0.25, -0.2) is 14.4 Å². The zero-order chi connectivity index (χ0) is 14.5. The average Bonchev–Trinajstić information content (AvgIpc) is 2.45. The molecular formula is C15H18FN3O. The summed E-state index contributed by atoms with van der Waals surface area (Å²) in [6, 6.07) is 6.35. The van der Waals surface area contributed by atoms with Crippen molar-refractivity contribution in [3.63, 3.8) is 0 Å². The van der Waals surface area contributed by atoms with E-state index in [1.54, 1.807) is 24.4 Å². The Labute approximate surface area is 118 Å². The van der Waals surface area contributed by atoms with Gasteiger partial charge in [0.2, 0.25) is 0 Å². The molecule has 1 aromatic heterocycles. The minimum Gasteiger partial charge on any atom is -0.497 e. The van der Waals surface area contributed by atoms with E-state index in [-0.39, 0.29) is 11.9 Å². The lowest BCUT2D eigenvalue weighted by molar-refractivity contribution is 0.410. The Morgan fingerprint density at radius 3 is 2.75 bits per heavy atom. The molecule has 106 valence electrons. The van der Waals surface area contributed by atoms with Gasteiger partial charge in [0.15, 0.2) is 0 Å². The second-order valence-corrected chi connectivity index (χ2v) is 4.41. The zero-order valence-corrected chi connectivity index (χ0v) is 11.9. The van der Waals surface area contributed by atoms with Gasteiger partial charge in [0.05, 0.1) is 18.8 Å². The average molecular weight is 275 g/mol. The van der Waals surface area contributed by atoms with Crippen LogP contribution in [-0.4, -0.2) is 23.6 Å². The number of aryl methyl sites for hydroxylation is 1. The first-order valence-electron chi connectivity index (χ1n) is 6.52. The topological polar surface area (TPSA) is 47.0 Å². The molecular weight excluding hydrogens is 257 g/mol. The first-order valence-corrected chi connectivity index (χ1v) is 6.52. The molecule has 20 heavy (non-hydrogen) atoms. The Morgan fingerprint density at radius 1 is 1.35 bits per heavy atom. The van der Waals surface area contributed by atoms with Gasteiger partial charge in [-0.2, -0.15) is 0 Å². The quantitative estimate of drug-likeness (QED) is 0.911. The Hall–Kier alpha value is -2.01. The van der Waals surface area contributed by atoms with Gasteiger partial charge in [-0.05, 0) is 25.6 Å². The fourth-order valence-electron chi connectivity index (χ4n) is 2.08. The number of methoxy groups -OCH3 is 1. The van der Waals surface area contributed by atoms with Crippen LogP contribution in [-0.2, 0) is 0 Å². The number of nitrogens with zero attached hydrogens (tertiary/aromatic N) is 2. The van der Waals surface area contributed by atoms with Crippen LogP contribution >= 0.6 is 0 Å². The van der Waals surface area contributed by atoms with E-state index in [0.29, 0.717) is 23.7 Å². The highest BCUT2D eigenvalue weighted by Gasteiger charge is 2.19. The maximum absolute atomic E-state index is 14.2. The van der Waals surface area contributed by atoms with Gasteiger partial charge in [-0.3, -0.25) is 0 Å². The molecule has 2 aromatic rings. The van der Waals surface area contributed by atoms with Crippen molar-refractivity contribution >= 4 is 0 Å². The van der Waals surface area contributed by atoms with Gasteiger partial charge in [-0.1, -0.05) is 13.0 Å². The minimum atomic E-state index is -0.313. The Balaban J connectivity index is 2.43. The number of hydrogen-bond donors (Lipinski definition) is 1. The van der Waals surface area contributed by atoms with E-state index in [0.717, 1.165) is 5.69 Å². The third-order valence-electron chi connectivity index (χ3n) is 3.02. The normalized spacial score (nSPS) is 12.2. The van der Waals surface area contributed by atoms with Gasteiger partial charge >= 0.3 is 0 Å². The van der Waals surface area contributed by atoms with Crippen LogP contribution in [0.1, 0.15) is 30.0 Å². The molecule has 0 bridgehead atoms. The van der Waals surface area contributed by atoms with E-state index < -0.39 is 0 Å². The zero-order valence-electron chi connectivity index (χ0n) is 11.9. The lowest BCUT2D eigenvalue weighted by Gasteiger charge is -2.19. The van der Waals surface area contributed by atoms with Crippen molar-refractivity contribution in [2.75, 3.05) is 13.7 Å². The summed E-state index contributed by atoms with van der Waals surface area (Å²) in [7, 11) is 1.52. The van der Waals surface area contributed by atoms with E-state index in [4.69, 9.17) is 4.74 Å². The fraction of sp³-hybridized carbons (Fsp3) is 0.333. The largest absolute Gasteiger partial charge is 0.497 e. The summed E-state index contributed by atoms with van der Waals surface area (Å²) in [5, 5.41) is 3.25. The van der Waals surface area contributed by atoms with Crippen molar-refractivity contribution in [1.82, 2.24) is 15.3 Å². The van der Waals surface area contributed by atoms with Crippen molar-refractivity contribution in [2.24, 2.45) is 0 Å². The fourth-order valence-corrected chi connectivity index (χ4v) is 2.08. The van der Waals surface area contributed by atoms with Crippen LogP contribution in [0.3, 0.4) is 0 Å². The predicted molar refractivity (Wildman–Crippen MR) is 75.2 cm³/mol. The summed E-state index contributed by atoms with van der Waals surface area (Å²) in [6.45, 7) is 4.50. The number of hydrogen-bond acceptors (Lipinski definition) is 4. The van der Waals surface area contributed by atoms with Crippen LogP contribution in [0.25, 0.3) is 0 Å². The number of halogens is 1. The van der Waals surface area contributed by atoms with Crippen molar-refractivity contribution in [3.05, 3.63) is 53.4 Å². The van der Waals surface area contributed by atoms with E-state index >= 15 is 0 Å². The molecule has 0 fully saturated rings. The second-order valence-electron chi connectivity index (χ2n) is 4.41. The van der Waals surface area contributed by atoms with Crippen LogP contribution < -0.4 is 10.1 Å². The van der Waals surface area contributed by atoms with Gasteiger partial charge in [0, 0.05) is 17.8 Å². The molecule has 5 heteroatoms. The molecule has 0 aliphatic heterocycles. The maximum atomic E-state index is 14.2. The summed E-state index contributed by atoms with van der Waals surface area (Å²) in [4.78, 5) is 8.45. The third kappa shape index (κ3) is 3.11. The molecule has 1 aromatic carbocycles. The Bertz CT molecular complexity index is 589. The van der Waals surface area contributed by atoms with Crippen LogP contribution in [0.4, 0.5) is 4.39 Å². The summed E-state index contributed by atoms with van der Waals surface area (Å²) < 4.78 is 19.3. The van der Waals surface area contributed by atoms with Crippen molar-refractivity contribution in [2.45, 2.75) is 19.9 Å². The van der Waals surface area contributed by atoms with Gasteiger partial charge < -0.3 is 10.1 Å². The van der Waals surface area contributed by atoms with Crippen molar-refractivity contribution in [3.8, 4) is 5.75 Å². The Kier molecular flexibility index (Phi) is 4.63. The van der Waals surface area contributed by atoms with E-state index in [2.05, 4.69) is 15.3 Å². The highest BCUT2D eigenvalue weighted by molar-refractivity contribution is 5.34. The van der Waals surface area contributed by atoms with E-state index in [1.807, 2.05) is 13.8 Å². The molecule has 0 radical (unpaired) electrons. The predicted octanol–water partition coefficient (Wildman–Crippen LogP) is 2.63. The van der Waals surface area contributed by atoms with Crippen LogP contribution in [0.2, 0.25) is 0 Å². The molecule has 0 saturated heterocycles. The van der Waals surface area contributed by atoms with Crippen LogP contribution in [0.5, 0.6) is 5.75 Å². The summed E-state index contributed by atoms with van der Waals surface area (Å²) in [5.41, 5.74) is 1.30. The smallest absolute Gasteiger partial charge is 0.132 e. The lowest BCUT2D eigenvalue weighted by atomic mass is 10.0. The molecule has 4 nitrogen and oxygen atoms in total. The van der Waals surface area contributed by atoms with Gasteiger partial charge in [-0.15, -0.1) is 0 Å². The molecule has 0 spiro atoms. The van der Waals surface area contributed by atoms with Crippen LogP contribution in [0.15, 0.2) is 30.5 Å². The van der Waals surface area contributed by atoms with Gasteiger partial charge in [0.1, 0.15) is 17.4 Å². The van der Waals surface area contributed by atoms with Crippen molar-refractivity contribution in [1.29, 1.82) is 0 Å². The maximum Gasteiger partial charge on any atom is 0.132 e. The minimum absolute atomic E-state index is 0.299. The first-order chi connectivity index (χ1) is 9.65. The monoisotopic (exact) mass is 275 g/mol. The molecule has 0 saturated carbocycles. The molecule has 0 aliphatic carbocycles. The highest BCUT2D eigenvalue weighted by atomic mass is 19.1. The molecule has 2 rings (SSSR count). The molecule has 1 heterocycles. The number of nitrogens with one attached hydrogen (secondary N) is 1. The molecule has 1 atom stereocenters. The third-order valence-corrected chi connectivity index (χ3v) is 3.02. The number of ether oxygens (including phenoxy) is 1. The molecule has 0 aliphatic rings. The highest BCUT2D eigenvalue weighted by Crippen LogP contribution is 2.26. The molecule has 1 unspecified atom stereocenters. The van der Waals surface area contributed by atoms with Crippen LogP contribution in [0, 0.1) is 12.7 Å². The lowest BCUT2D eigenvalue weighted by Crippen LogP contribution is -2.24. The Morgan fingerprint density at radius 2 is 2.15 bits per heavy atom. The number of benzene rings is 1. The first kappa shape index (κ1) is 14.4. The van der Waals surface area contributed by atoms with Crippen molar-refractivity contribution < 1.29 is 9.13 Å². The second kappa shape index (κ2) is 6.43. The number of rotatable bonds is 5. The molecule has 1 N–H and O–H groups in total. The SMILES string of the molecule is CCNC(c1ccnc(C)n1)c1ccc(OC)cc1F. The summed E-state index contributed by atoms with van der Waals surface area (Å²) in [6.07, 6.45) is 1.68. The summed E-state index contributed by atoms with van der Waals surface area (Å²) in [5.74, 6) is 0.853.